The molecule has 1 unspecified atom stereocenters. The van der Waals surface area contributed by atoms with E-state index >= 15 is 0 Å². The minimum absolute atomic E-state index is 0.0512. The summed E-state index contributed by atoms with van der Waals surface area (Å²) in [6.45, 7) is 3.16. The molecule has 0 fully saturated rings. The van der Waals surface area contributed by atoms with Gasteiger partial charge in [-0.1, -0.05) is 36.4 Å². The summed E-state index contributed by atoms with van der Waals surface area (Å²) in [5.41, 5.74) is 2.02. The lowest BCUT2D eigenvalue weighted by Gasteiger charge is -2.23. The molecule has 0 N–H and O–H groups in total. The van der Waals surface area contributed by atoms with Crippen molar-refractivity contribution in [2.75, 3.05) is 6.54 Å². The van der Waals surface area contributed by atoms with Gasteiger partial charge in [-0.25, -0.2) is 0 Å². The molecule has 4 heteroatoms. The van der Waals surface area contributed by atoms with E-state index in [2.05, 4.69) is 17.6 Å². The van der Waals surface area contributed by atoms with Gasteiger partial charge in [0.2, 0.25) is 5.91 Å². The topological polar surface area (TPSA) is 33.2 Å². The number of carbonyl (C=O) groups is 1. The second-order valence-corrected chi connectivity index (χ2v) is 5.50. The molecule has 0 spiro atoms. The zero-order valence-electron chi connectivity index (χ0n) is 12.1. The van der Waals surface area contributed by atoms with Gasteiger partial charge in [-0.3, -0.25) is 9.78 Å². The van der Waals surface area contributed by atoms with Gasteiger partial charge >= 0.3 is 0 Å². The molecule has 3 nitrogen and oxygen atoms in total. The fourth-order valence-electron chi connectivity index (χ4n) is 2.17. The molecule has 0 radical (unpaired) electrons. The summed E-state index contributed by atoms with van der Waals surface area (Å²) in [6.07, 6.45) is 2.39. The number of pyridine rings is 1. The molecule has 0 aliphatic rings. The minimum atomic E-state index is -0.323. The van der Waals surface area contributed by atoms with Crippen LogP contribution in [0.25, 0.3) is 0 Å². The number of amides is 1. The maximum atomic E-state index is 12.5. The SMILES string of the molecule is CCN(Cc1ccccn1)C(=O)C(S)Cc1ccccc1. The van der Waals surface area contributed by atoms with Gasteiger partial charge < -0.3 is 4.90 Å². The Bertz CT molecular complexity index is 560. The smallest absolute Gasteiger partial charge is 0.236 e. The van der Waals surface area contributed by atoms with Crippen molar-refractivity contribution in [1.29, 1.82) is 0 Å². The summed E-state index contributed by atoms with van der Waals surface area (Å²) in [4.78, 5) is 18.6. The van der Waals surface area contributed by atoms with Crippen molar-refractivity contribution >= 4 is 18.5 Å². The predicted molar refractivity (Wildman–Crippen MR) is 88.2 cm³/mol. The Morgan fingerprint density at radius 2 is 1.90 bits per heavy atom. The maximum Gasteiger partial charge on any atom is 0.236 e. The van der Waals surface area contributed by atoms with Crippen LogP contribution >= 0.6 is 12.6 Å². The van der Waals surface area contributed by atoms with Crippen LogP contribution in [0.15, 0.2) is 54.7 Å². The Kier molecular flexibility index (Phi) is 5.81. The lowest BCUT2D eigenvalue weighted by molar-refractivity contribution is -0.131. The normalized spacial score (nSPS) is 11.9. The maximum absolute atomic E-state index is 12.5. The minimum Gasteiger partial charge on any atom is -0.336 e. The molecule has 1 aromatic carbocycles. The highest BCUT2D eigenvalue weighted by Crippen LogP contribution is 2.12. The highest BCUT2D eigenvalue weighted by molar-refractivity contribution is 7.81. The lowest BCUT2D eigenvalue weighted by atomic mass is 10.1. The Labute approximate surface area is 131 Å². The number of thiol groups is 1. The van der Waals surface area contributed by atoms with Crippen LogP contribution in [-0.4, -0.2) is 27.6 Å². The molecule has 110 valence electrons. The average molecular weight is 300 g/mol. The molecule has 2 aromatic rings. The highest BCUT2D eigenvalue weighted by Gasteiger charge is 2.20. The Morgan fingerprint density at radius 3 is 2.52 bits per heavy atom. The molecule has 0 saturated carbocycles. The molecule has 1 atom stereocenters. The monoisotopic (exact) mass is 300 g/mol. The van der Waals surface area contributed by atoms with Crippen molar-refractivity contribution in [2.24, 2.45) is 0 Å². The van der Waals surface area contributed by atoms with Crippen LogP contribution in [0, 0.1) is 0 Å². The molecule has 1 amide bonds. The molecule has 1 heterocycles. The van der Waals surface area contributed by atoms with Crippen LogP contribution in [0.5, 0.6) is 0 Å². The van der Waals surface area contributed by atoms with E-state index in [1.165, 1.54) is 0 Å². The molecular formula is C17H20N2OS. The fraction of sp³-hybridized carbons (Fsp3) is 0.294. The number of hydrogen-bond acceptors (Lipinski definition) is 3. The molecular weight excluding hydrogens is 280 g/mol. The quantitative estimate of drug-likeness (QED) is 0.832. The largest absolute Gasteiger partial charge is 0.336 e. The number of carbonyl (C=O) groups excluding carboxylic acids is 1. The van der Waals surface area contributed by atoms with Crippen molar-refractivity contribution in [3.8, 4) is 0 Å². The van der Waals surface area contributed by atoms with Crippen molar-refractivity contribution in [2.45, 2.75) is 25.1 Å². The van der Waals surface area contributed by atoms with E-state index in [4.69, 9.17) is 0 Å². The molecule has 1 aromatic heterocycles. The van der Waals surface area contributed by atoms with E-state index in [-0.39, 0.29) is 11.2 Å². The molecule has 0 bridgehead atoms. The van der Waals surface area contributed by atoms with Crippen LogP contribution in [0.3, 0.4) is 0 Å². The first-order valence-corrected chi connectivity index (χ1v) is 7.63. The van der Waals surface area contributed by atoms with E-state index in [0.717, 1.165) is 11.3 Å². The van der Waals surface area contributed by atoms with Gasteiger partial charge in [0.15, 0.2) is 0 Å². The van der Waals surface area contributed by atoms with Crippen LogP contribution < -0.4 is 0 Å². The summed E-state index contributed by atoms with van der Waals surface area (Å²) >= 11 is 4.48. The first-order valence-electron chi connectivity index (χ1n) is 7.11. The first kappa shape index (κ1) is 15.6. The second-order valence-electron chi connectivity index (χ2n) is 4.88. The third-order valence-electron chi connectivity index (χ3n) is 3.33. The third kappa shape index (κ3) is 4.60. The Hall–Kier alpha value is -1.81. The van der Waals surface area contributed by atoms with E-state index in [1.54, 1.807) is 11.1 Å². The zero-order chi connectivity index (χ0) is 15.1. The standard InChI is InChI=1S/C17H20N2OS/c1-2-19(13-15-10-6-7-11-18-15)17(20)16(21)12-14-8-4-3-5-9-14/h3-11,16,21H,2,12-13H2,1H3. The number of hydrogen-bond donors (Lipinski definition) is 1. The van der Waals surface area contributed by atoms with Crippen LogP contribution in [0.1, 0.15) is 18.2 Å². The van der Waals surface area contributed by atoms with Crippen LogP contribution in [0.4, 0.5) is 0 Å². The summed E-state index contributed by atoms with van der Waals surface area (Å²) in [6, 6.07) is 15.7. The van der Waals surface area contributed by atoms with Crippen LogP contribution in [-0.2, 0) is 17.8 Å². The summed E-state index contributed by atoms with van der Waals surface area (Å²) in [5.74, 6) is 0.0512. The van der Waals surface area contributed by atoms with Crippen LogP contribution in [0.2, 0.25) is 0 Å². The van der Waals surface area contributed by atoms with Gasteiger partial charge in [-0.15, -0.1) is 0 Å². The van der Waals surface area contributed by atoms with E-state index in [1.807, 2.05) is 55.5 Å². The van der Waals surface area contributed by atoms with Crippen molar-refractivity contribution in [3.63, 3.8) is 0 Å². The zero-order valence-corrected chi connectivity index (χ0v) is 13.0. The van der Waals surface area contributed by atoms with Gasteiger partial charge in [-0.05, 0) is 31.0 Å². The highest BCUT2D eigenvalue weighted by atomic mass is 32.1. The van der Waals surface area contributed by atoms with Gasteiger partial charge in [0.1, 0.15) is 0 Å². The molecule has 21 heavy (non-hydrogen) atoms. The summed E-state index contributed by atoms with van der Waals surface area (Å²) < 4.78 is 0. The number of rotatable bonds is 6. The average Bonchev–Trinajstić information content (AvgIpc) is 2.54. The van der Waals surface area contributed by atoms with Crippen molar-refractivity contribution < 1.29 is 4.79 Å². The Balaban J connectivity index is 1.99. The van der Waals surface area contributed by atoms with Gasteiger partial charge in [0.25, 0.3) is 0 Å². The second kappa shape index (κ2) is 7.84. The van der Waals surface area contributed by atoms with E-state index in [0.29, 0.717) is 19.5 Å². The molecule has 2 rings (SSSR count). The predicted octanol–water partition coefficient (Wildman–Crippen LogP) is 2.97. The Morgan fingerprint density at radius 1 is 1.19 bits per heavy atom. The number of aromatic nitrogens is 1. The first-order chi connectivity index (χ1) is 10.2. The number of benzene rings is 1. The number of nitrogens with zero attached hydrogens (tertiary/aromatic N) is 2. The van der Waals surface area contributed by atoms with E-state index < -0.39 is 0 Å². The van der Waals surface area contributed by atoms with Gasteiger partial charge in [0.05, 0.1) is 17.5 Å². The van der Waals surface area contributed by atoms with E-state index in [9.17, 15) is 4.79 Å². The van der Waals surface area contributed by atoms with Crippen molar-refractivity contribution in [3.05, 3.63) is 66.0 Å². The third-order valence-corrected chi connectivity index (χ3v) is 3.73. The molecule has 0 aliphatic heterocycles. The molecule has 0 aliphatic carbocycles. The summed E-state index contributed by atoms with van der Waals surface area (Å²) in [5, 5.41) is -0.323. The molecule has 0 saturated heterocycles. The van der Waals surface area contributed by atoms with Gasteiger partial charge in [-0.2, -0.15) is 12.6 Å². The van der Waals surface area contributed by atoms with Crippen molar-refractivity contribution in [1.82, 2.24) is 9.88 Å². The lowest BCUT2D eigenvalue weighted by Crippen LogP contribution is -2.37. The van der Waals surface area contributed by atoms with Gasteiger partial charge in [0, 0.05) is 12.7 Å². The summed E-state index contributed by atoms with van der Waals surface area (Å²) in [7, 11) is 0. The fourth-order valence-corrected chi connectivity index (χ4v) is 2.54.